The van der Waals surface area contributed by atoms with Crippen LogP contribution >= 0.6 is 0 Å². The largest absolute Gasteiger partial charge is 0.508 e. The van der Waals surface area contributed by atoms with Gasteiger partial charge in [-0.15, -0.1) is 0 Å². The number of carbonyl (C=O) groups excluding carboxylic acids is 4. The van der Waals surface area contributed by atoms with Gasteiger partial charge in [0.05, 0.1) is 18.6 Å². The number of nitrogens with two attached hydrogens (primary N) is 1. The van der Waals surface area contributed by atoms with Crippen LogP contribution in [0.1, 0.15) is 44.7 Å². The van der Waals surface area contributed by atoms with Crippen LogP contribution in [0.15, 0.2) is 54.6 Å². The van der Waals surface area contributed by atoms with E-state index in [2.05, 4.69) is 26.6 Å². The Balaban J connectivity index is 1.76. The van der Waals surface area contributed by atoms with Crippen LogP contribution in [-0.2, 0) is 36.8 Å². The Morgan fingerprint density at radius 2 is 1.38 bits per heavy atom. The quantitative estimate of drug-likeness (QED) is 0.1000. The summed E-state index contributed by atoms with van der Waals surface area (Å²) in [6.45, 7) is 5.80. The van der Waals surface area contributed by atoms with E-state index in [4.69, 9.17) is 5.73 Å². The summed E-state index contributed by atoms with van der Waals surface area (Å²) in [4.78, 5) is 62.1. The van der Waals surface area contributed by atoms with Gasteiger partial charge in [0, 0.05) is 13.0 Å². The van der Waals surface area contributed by atoms with E-state index in [-0.39, 0.29) is 37.5 Å². The van der Waals surface area contributed by atoms with Crippen LogP contribution in [0.4, 0.5) is 0 Å². The number of carboxylic acids is 1. The Morgan fingerprint density at radius 3 is 2.00 bits per heavy atom. The fraction of sp³-hybridized carbons (Fsp3) is 0.469. The second kappa shape index (κ2) is 19.0. The van der Waals surface area contributed by atoms with Crippen molar-refractivity contribution in [3.63, 3.8) is 0 Å². The summed E-state index contributed by atoms with van der Waals surface area (Å²) in [5.41, 5.74) is 7.49. The lowest BCUT2D eigenvalue weighted by Crippen LogP contribution is -2.55. The molecule has 246 valence electrons. The van der Waals surface area contributed by atoms with Gasteiger partial charge in [0.25, 0.3) is 0 Å². The second-order valence-corrected chi connectivity index (χ2v) is 11.4. The lowest BCUT2D eigenvalue weighted by molar-refractivity contribution is -0.142. The fourth-order valence-corrected chi connectivity index (χ4v) is 4.39. The first-order chi connectivity index (χ1) is 21.3. The molecule has 4 atom stereocenters. The van der Waals surface area contributed by atoms with Crippen molar-refractivity contribution in [3.8, 4) is 5.75 Å². The van der Waals surface area contributed by atoms with Gasteiger partial charge < -0.3 is 42.5 Å². The minimum Gasteiger partial charge on any atom is -0.508 e. The number of amides is 4. The number of carbonyl (C=O) groups is 5. The van der Waals surface area contributed by atoms with Gasteiger partial charge in [-0.1, -0.05) is 56.3 Å². The normalized spacial score (nSPS) is 13.6. The molecule has 45 heavy (non-hydrogen) atoms. The molecule has 0 aliphatic carbocycles. The Labute approximate surface area is 263 Å². The number of hydrogen-bond donors (Lipinski definition) is 8. The third-order valence-electron chi connectivity index (χ3n) is 6.91. The molecule has 0 saturated heterocycles. The molecule has 0 aromatic heterocycles. The summed E-state index contributed by atoms with van der Waals surface area (Å²) in [5.74, 6) is -2.86. The zero-order chi connectivity index (χ0) is 33.4. The molecule has 0 aliphatic heterocycles. The first-order valence-electron chi connectivity index (χ1n) is 15.0. The molecule has 0 heterocycles. The smallest absolute Gasteiger partial charge is 0.326 e. The lowest BCUT2D eigenvalue weighted by atomic mass is 10.0. The predicted octanol–water partition coefficient (Wildman–Crippen LogP) is 0.206. The van der Waals surface area contributed by atoms with Crippen molar-refractivity contribution in [2.24, 2.45) is 11.7 Å². The van der Waals surface area contributed by atoms with Crippen molar-refractivity contribution in [2.75, 3.05) is 19.6 Å². The number of hydrogen-bond acceptors (Lipinski definition) is 8. The molecule has 2 rings (SSSR count). The lowest BCUT2D eigenvalue weighted by Gasteiger charge is -2.24. The minimum absolute atomic E-state index is 0.0436. The van der Waals surface area contributed by atoms with Crippen LogP contribution in [0.5, 0.6) is 5.75 Å². The maximum Gasteiger partial charge on any atom is 0.326 e. The molecule has 0 fully saturated rings. The van der Waals surface area contributed by atoms with Crippen molar-refractivity contribution < 1.29 is 34.2 Å². The summed E-state index contributed by atoms with van der Waals surface area (Å²) in [5, 5.41) is 32.4. The summed E-state index contributed by atoms with van der Waals surface area (Å²) in [6, 6.07) is 11.9. The van der Waals surface area contributed by atoms with Gasteiger partial charge in [0.1, 0.15) is 17.8 Å². The second-order valence-electron chi connectivity index (χ2n) is 11.4. The standard InChI is InChI=1S/C32H46N6O7/c1-20(2)16-27(32(44)45)38-31(43)26(18-22-8-5-4-6-9-22)37-29(41)21(3)34-14-7-15-35-28(40)19-36-30(42)25(33)17-23-10-12-24(39)13-11-23/h4-6,8-13,20-21,25-27,34,39H,7,14-19,33H2,1-3H3,(H,35,40)(H,36,42)(H,37,41)(H,38,43)(H,44,45)/t21-,25-,26-,27-/m0/s1. The van der Waals surface area contributed by atoms with E-state index in [1.165, 1.54) is 12.1 Å². The van der Waals surface area contributed by atoms with E-state index in [1.54, 1.807) is 19.1 Å². The topological polar surface area (TPSA) is 212 Å². The number of nitrogens with one attached hydrogen (secondary N) is 5. The van der Waals surface area contributed by atoms with Crippen molar-refractivity contribution in [3.05, 3.63) is 65.7 Å². The fourth-order valence-electron chi connectivity index (χ4n) is 4.39. The average molecular weight is 627 g/mol. The molecular weight excluding hydrogens is 580 g/mol. The Bertz CT molecular complexity index is 1260. The van der Waals surface area contributed by atoms with Crippen LogP contribution in [0.25, 0.3) is 0 Å². The summed E-state index contributed by atoms with van der Waals surface area (Å²) < 4.78 is 0. The van der Waals surface area contributed by atoms with Gasteiger partial charge in [0.15, 0.2) is 0 Å². The molecule has 0 aliphatic rings. The summed E-state index contributed by atoms with van der Waals surface area (Å²) in [6.07, 6.45) is 1.18. The number of aromatic hydroxyl groups is 1. The highest BCUT2D eigenvalue weighted by atomic mass is 16.4. The molecule has 2 aromatic rings. The van der Waals surface area contributed by atoms with Crippen LogP contribution in [-0.4, -0.2) is 83.6 Å². The molecule has 0 saturated carbocycles. The molecule has 0 spiro atoms. The van der Waals surface area contributed by atoms with Gasteiger partial charge in [-0.05, 0) is 61.9 Å². The van der Waals surface area contributed by atoms with Gasteiger partial charge in [0.2, 0.25) is 23.6 Å². The molecule has 0 radical (unpaired) electrons. The zero-order valence-corrected chi connectivity index (χ0v) is 26.0. The van der Waals surface area contributed by atoms with Crippen molar-refractivity contribution in [1.29, 1.82) is 0 Å². The van der Waals surface area contributed by atoms with Crippen LogP contribution in [0.3, 0.4) is 0 Å². The van der Waals surface area contributed by atoms with E-state index in [9.17, 15) is 34.2 Å². The molecular formula is C32H46N6O7. The number of phenols is 1. The van der Waals surface area contributed by atoms with E-state index in [1.807, 2.05) is 44.2 Å². The summed E-state index contributed by atoms with van der Waals surface area (Å²) in [7, 11) is 0. The third kappa shape index (κ3) is 14.2. The SMILES string of the molecule is CC(C)C[C@H](NC(=O)[C@H](Cc1ccccc1)NC(=O)[C@H](C)NCCCNC(=O)CNC(=O)[C@@H](N)Cc1ccc(O)cc1)C(=O)O. The third-order valence-corrected chi connectivity index (χ3v) is 6.91. The maximum atomic E-state index is 13.1. The van der Waals surface area contributed by atoms with Gasteiger partial charge in [-0.3, -0.25) is 19.2 Å². The highest BCUT2D eigenvalue weighted by Gasteiger charge is 2.28. The van der Waals surface area contributed by atoms with Crippen LogP contribution < -0.4 is 32.3 Å². The number of rotatable bonds is 19. The average Bonchev–Trinajstić information content (AvgIpc) is 3.00. The Morgan fingerprint density at radius 1 is 0.756 bits per heavy atom. The monoisotopic (exact) mass is 626 g/mol. The van der Waals surface area contributed by atoms with Crippen LogP contribution in [0.2, 0.25) is 0 Å². The number of carboxylic acid groups (broad SMARTS) is 1. The molecule has 9 N–H and O–H groups in total. The zero-order valence-electron chi connectivity index (χ0n) is 26.0. The number of aliphatic carboxylic acids is 1. The van der Waals surface area contributed by atoms with Crippen LogP contribution in [0, 0.1) is 5.92 Å². The van der Waals surface area contributed by atoms with E-state index < -0.39 is 53.8 Å². The van der Waals surface area contributed by atoms with E-state index >= 15 is 0 Å². The molecule has 0 bridgehead atoms. The van der Waals surface area contributed by atoms with E-state index in [0.717, 1.165) is 11.1 Å². The van der Waals surface area contributed by atoms with Gasteiger partial charge in [-0.2, -0.15) is 0 Å². The first kappa shape index (κ1) is 36.7. The molecule has 2 aromatic carbocycles. The number of benzene rings is 2. The van der Waals surface area contributed by atoms with Crippen molar-refractivity contribution in [2.45, 2.75) is 70.6 Å². The Hall–Kier alpha value is -4.49. The first-order valence-corrected chi connectivity index (χ1v) is 15.0. The van der Waals surface area contributed by atoms with E-state index in [0.29, 0.717) is 19.5 Å². The maximum absolute atomic E-state index is 13.1. The van der Waals surface area contributed by atoms with Gasteiger partial charge >= 0.3 is 5.97 Å². The molecule has 13 nitrogen and oxygen atoms in total. The molecule has 4 amide bonds. The van der Waals surface area contributed by atoms with Crippen molar-refractivity contribution in [1.82, 2.24) is 26.6 Å². The highest BCUT2D eigenvalue weighted by Crippen LogP contribution is 2.11. The van der Waals surface area contributed by atoms with Crippen molar-refractivity contribution >= 4 is 29.6 Å². The van der Waals surface area contributed by atoms with Gasteiger partial charge in [-0.25, -0.2) is 4.79 Å². The molecule has 13 heteroatoms. The Kier molecular flexibility index (Phi) is 15.5. The number of phenolic OH excluding ortho intramolecular Hbond substituents is 1. The summed E-state index contributed by atoms with van der Waals surface area (Å²) >= 11 is 0. The minimum atomic E-state index is -1.14. The predicted molar refractivity (Wildman–Crippen MR) is 169 cm³/mol. The molecule has 0 unspecified atom stereocenters. The highest BCUT2D eigenvalue weighted by molar-refractivity contribution is 5.92.